The first kappa shape index (κ1) is 20.4. The predicted octanol–water partition coefficient (Wildman–Crippen LogP) is 3.31. The van der Waals surface area contributed by atoms with Gasteiger partial charge in [0.15, 0.2) is 11.5 Å². The van der Waals surface area contributed by atoms with Crippen LogP contribution in [0.1, 0.15) is 24.2 Å². The van der Waals surface area contributed by atoms with E-state index in [-0.39, 0.29) is 16.2 Å². The lowest BCUT2D eigenvalue weighted by Crippen LogP contribution is -2.67. The lowest BCUT2D eigenvalue weighted by molar-refractivity contribution is -0.151. The molecule has 0 aliphatic carbocycles. The third kappa shape index (κ3) is 3.05. The molecular weight excluding hydrogens is 426 g/mol. The molecule has 1 amide bonds. The highest BCUT2D eigenvalue weighted by Crippen LogP contribution is 2.44. The molecule has 2 heterocycles. The van der Waals surface area contributed by atoms with Gasteiger partial charge in [0.2, 0.25) is 15.7 Å². The number of rotatable bonds is 4. The molecular formula is C22H18ClNO5S. The average Bonchev–Trinajstić information content (AvgIpc) is 2.76. The van der Waals surface area contributed by atoms with Crippen LogP contribution in [0.25, 0.3) is 0 Å². The van der Waals surface area contributed by atoms with Crippen LogP contribution in [-0.4, -0.2) is 35.9 Å². The molecule has 0 aromatic heterocycles. The Morgan fingerprint density at radius 1 is 1.07 bits per heavy atom. The number of carbonyl (C=O) groups excluding carboxylic acids is 2. The maximum absolute atomic E-state index is 13.2. The minimum absolute atomic E-state index is 0.0769. The summed E-state index contributed by atoms with van der Waals surface area (Å²) in [6, 6.07) is 18.3. The molecule has 8 heteroatoms. The Labute approximate surface area is 179 Å². The highest BCUT2D eigenvalue weighted by atomic mass is 35.5. The van der Waals surface area contributed by atoms with Crippen molar-refractivity contribution in [3.63, 3.8) is 0 Å². The predicted molar refractivity (Wildman–Crippen MR) is 112 cm³/mol. The molecule has 0 saturated carbocycles. The molecule has 4 rings (SSSR count). The van der Waals surface area contributed by atoms with Crippen LogP contribution in [0.15, 0.2) is 83.4 Å². The van der Waals surface area contributed by atoms with Crippen molar-refractivity contribution in [2.24, 2.45) is 0 Å². The number of hydrogen-bond acceptors (Lipinski definition) is 5. The molecule has 0 N–H and O–H groups in total. The second-order valence-electron chi connectivity index (χ2n) is 7.05. The number of benzene rings is 2. The minimum atomic E-state index is -3.92. The Bertz CT molecular complexity index is 1140. The molecule has 0 unspecified atom stereocenters. The van der Waals surface area contributed by atoms with Crippen molar-refractivity contribution in [2.45, 2.75) is 23.8 Å². The van der Waals surface area contributed by atoms with Crippen LogP contribution in [0.5, 0.6) is 0 Å². The summed E-state index contributed by atoms with van der Waals surface area (Å²) in [5.74, 6) is -1.47. The number of esters is 1. The third-order valence-corrected chi connectivity index (χ3v) is 7.96. The number of β-lactam (4-membered cyclic amide) rings is 1. The monoisotopic (exact) mass is 443 g/mol. The van der Waals surface area contributed by atoms with Gasteiger partial charge in [-0.05, 0) is 23.6 Å². The molecule has 1 saturated heterocycles. The molecule has 2 aromatic carbocycles. The Morgan fingerprint density at radius 2 is 1.57 bits per heavy atom. The van der Waals surface area contributed by atoms with Gasteiger partial charge in [0.05, 0.1) is 4.91 Å². The Balaban J connectivity index is 1.75. The Kier molecular flexibility index (Phi) is 5.03. The van der Waals surface area contributed by atoms with Gasteiger partial charge in [0.25, 0.3) is 0 Å². The molecule has 6 nitrogen and oxygen atoms in total. The second-order valence-corrected chi connectivity index (χ2v) is 9.59. The van der Waals surface area contributed by atoms with Crippen LogP contribution in [0.2, 0.25) is 0 Å². The number of nitrogens with zero attached hydrogens (tertiary/aromatic N) is 1. The standard InChI is InChI=1S/C22H18ClNO5S/c1-13-14(2)30(27,28)21-17(23)20(25)24(21)18(13)22(26)29-19(15-9-5-3-6-10-15)16-11-7-4-8-12-16/h3-12,17,19,21H,2H2,1H3/t17-,21-/m0/s1. The molecule has 0 spiro atoms. The fourth-order valence-corrected chi connectivity index (χ4v) is 5.99. The fraction of sp³-hybridized carbons (Fsp3) is 0.182. The smallest absolute Gasteiger partial charge is 0.356 e. The van der Waals surface area contributed by atoms with Crippen molar-refractivity contribution >= 4 is 33.3 Å². The number of carbonyl (C=O) groups is 2. The Hall–Kier alpha value is -2.90. The van der Waals surface area contributed by atoms with Crippen LogP contribution in [-0.2, 0) is 24.2 Å². The van der Waals surface area contributed by atoms with Crippen LogP contribution < -0.4 is 0 Å². The van der Waals surface area contributed by atoms with Gasteiger partial charge in [-0.1, -0.05) is 67.2 Å². The number of hydrogen-bond donors (Lipinski definition) is 0. The van der Waals surface area contributed by atoms with Crippen molar-refractivity contribution in [3.05, 3.63) is 94.5 Å². The molecule has 0 radical (unpaired) electrons. The summed E-state index contributed by atoms with van der Waals surface area (Å²) < 4.78 is 31.0. The molecule has 154 valence electrons. The third-order valence-electron chi connectivity index (χ3n) is 5.28. The summed E-state index contributed by atoms with van der Waals surface area (Å²) in [7, 11) is -3.92. The zero-order valence-corrected chi connectivity index (χ0v) is 17.6. The van der Waals surface area contributed by atoms with Crippen molar-refractivity contribution in [2.75, 3.05) is 0 Å². The SMILES string of the molecule is C=C1C(C)=C(C(=O)OC(c2ccccc2)c2ccccc2)N2C(=O)[C@H](Cl)[C@@H]2S1(=O)=O. The van der Waals surface area contributed by atoms with Gasteiger partial charge < -0.3 is 4.74 Å². The highest BCUT2D eigenvalue weighted by molar-refractivity contribution is 7.96. The van der Waals surface area contributed by atoms with Crippen molar-refractivity contribution in [3.8, 4) is 0 Å². The largest absolute Gasteiger partial charge is 0.448 e. The first-order chi connectivity index (χ1) is 14.2. The summed E-state index contributed by atoms with van der Waals surface area (Å²) >= 11 is 5.95. The van der Waals surface area contributed by atoms with Gasteiger partial charge in [-0.3, -0.25) is 9.69 Å². The lowest BCUT2D eigenvalue weighted by atomic mass is 10.0. The summed E-state index contributed by atoms with van der Waals surface area (Å²) in [6.07, 6.45) is -0.742. The molecule has 0 bridgehead atoms. The van der Waals surface area contributed by atoms with Gasteiger partial charge in [0, 0.05) is 0 Å². The maximum Gasteiger partial charge on any atom is 0.356 e. The maximum atomic E-state index is 13.2. The lowest BCUT2D eigenvalue weighted by Gasteiger charge is -2.47. The molecule has 2 aromatic rings. The number of alkyl halides is 1. The molecule has 2 atom stereocenters. The first-order valence-electron chi connectivity index (χ1n) is 9.17. The van der Waals surface area contributed by atoms with Gasteiger partial charge in [-0.2, -0.15) is 0 Å². The highest BCUT2D eigenvalue weighted by Gasteiger charge is 2.60. The zero-order valence-electron chi connectivity index (χ0n) is 16.0. The van der Waals surface area contributed by atoms with E-state index < -0.39 is 38.6 Å². The van der Waals surface area contributed by atoms with Gasteiger partial charge in [-0.15, -0.1) is 11.6 Å². The number of allylic oxidation sites excluding steroid dienone is 1. The van der Waals surface area contributed by atoms with E-state index in [4.69, 9.17) is 16.3 Å². The fourth-order valence-electron chi connectivity index (χ4n) is 3.63. The molecule has 30 heavy (non-hydrogen) atoms. The summed E-state index contributed by atoms with van der Waals surface area (Å²) in [6.45, 7) is 5.04. The van der Waals surface area contributed by atoms with Crippen LogP contribution in [0, 0.1) is 0 Å². The molecule has 2 aliphatic heterocycles. The molecule has 2 aliphatic rings. The Morgan fingerprint density at radius 3 is 2.07 bits per heavy atom. The topological polar surface area (TPSA) is 80.8 Å². The van der Waals surface area contributed by atoms with Crippen molar-refractivity contribution in [1.82, 2.24) is 4.90 Å². The van der Waals surface area contributed by atoms with Gasteiger partial charge in [0.1, 0.15) is 11.1 Å². The normalized spacial score (nSPS) is 22.6. The average molecular weight is 444 g/mol. The number of ether oxygens (including phenoxy) is 1. The minimum Gasteiger partial charge on any atom is -0.448 e. The van der Waals surface area contributed by atoms with E-state index in [2.05, 4.69) is 6.58 Å². The summed E-state index contributed by atoms with van der Waals surface area (Å²) in [5.41, 5.74) is 1.41. The summed E-state index contributed by atoms with van der Waals surface area (Å²) in [5, 5.41) is -2.61. The van der Waals surface area contributed by atoms with E-state index in [1.165, 1.54) is 6.92 Å². The van der Waals surface area contributed by atoms with E-state index in [1.807, 2.05) is 60.7 Å². The van der Waals surface area contributed by atoms with E-state index in [0.29, 0.717) is 0 Å². The number of fused-ring (bicyclic) bond motifs is 1. The number of amides is 1. The number of halogens is 1. The van der Waals surface area contributed by atoms with Crippen LogP contribution in [0.3, 0.4) is 0 Å². The van der Waals surface area contributed by atoms with Crippen molar-refractivity contribution in [1.29, 1.82) is 0 Å². The van der Waals surface area contributed by atoms with Crippen LogP contribution in [0.4, 0.5) is 0 Å². The van der Waals surface area contributed by atoms with E-state index in [1.54, 1.807) is 0 Å². The quantitative estimate of drug-likeness (QED) is 0.411. The van der Waals surface area contributed by atoms with E-state index in [9.17, 15) is 18.0 Å². The second kappa shape index (κ2) is 7.41. The van der Waals surface area contributed by atoms with E-state index >= 15 is 0 Å². The summed E-state index contributed by atoms with van der Waals surface area (Å²) in [4.78, 5) is 26.2. The number of sulfone groups is 1. The zero-order chi connectivity index (χ0) is 21.6. The first-order valence-corrected chi connectivity index (χ1v) is 11.2. The van der Waals surface area contributed by atoms with Crippen molar-refractivity contribution < 1.29 is 22.7 Å². The van der Waals surface area contributed by atoms with Gasteiger partial charge in [-0.25, -0.2) is 13.2 Å². The van der Waals surface area contributed by atoms with Gasteiger partial charge >= 0.3 is 5.97 Å². The molecule has 1 fully saturated rings. The van der Waals surface area contributed by atoms with Crippen LogP contribution >= 0.6 is 11.6 Å². The van der Waals surface area contributed by atoms with E-state index in [0.717, 1.165) is 16.0 Å².